The van der Waals surface area contributed by atoms with Crippen LogP contribution in [0.1, 0.15) is 29.3 Å². The van der Waals surface area contributed by atoms with Crippen LogP contribution in [0.4, 0.5) is 18.9 Å². The van der Waals surface area contributed by atoms with Gasteiger partial charge in [-0.15, -0.1) is 12.4 Å². The second kappa shape index (κ2) is 9.52. The Morgan fingerprint density at radius 1 is 1.25 bits per heavy atom. The summed E-state index contributed by atoms with van der Waals surface area (Å²) in [5.41, 5.74) is 5.34. The standard InChI is InChI=1S/C18H18F3N3O3.ClH/c1-10(22)5-16(25)24-15-7-13(18(19,20)21)3-4-14(15)11-6-12(9-23-8-11)17(26)27-2;/h3-4,6-10H,5,22H2,1-2H3,(H,24,25);1H. The minimum atomic E-state index is -4.58. The predicted octanol–water partition coefficient (Wildman–Crippen LogP) is 3.65. The lowest BCUT2D eigenvalue weighted by molar-refractivity contribution is -0.137. The molecular weight excluding hydrogens is 399 g/mol. The Morgan fingerprint density at radius 2 is 1.93 bits per heavy atom. The molecule has 1 aromatic carbocycles. The molecule has 2 aromatic rings. The van der Waals surface area contributed by atoms with E-state index in [0.717, 1.165) is 12.1 Å². The molecule has 0 aliphatic heterocycles. The van der Waals surface area contributed by atoms with E-state index >= 15 is 0 Å². The molecule has 0 saturated heterocycles. The number of alkyl halides is 3. The molecule has 0 fully saturated rings. The van der Waals surface area contributed by atoms with E-state index in [2.05, 4.69) is 15.0 Å². The highest BCUT2D eigenvalue weighted by Crippen LogP contribution is 2.36. The lowest BCUT2D eigenvalue weighted by Gasteiger charge is -2.15. The van der Waals surface area contributed by atoms with Crippen LogP contribution in [0.3, 0.4) is 0 Å². The van der Waals surface area contributed by atoms with E-state index in [0.29, 0.717) is 5.56 Å². The number of halogens is 4. The van der Waals surface area contributed by atoms with Crippen LogP contribution in [0.15, 0.2) is 36.7 Å². The fourth-order valence-electron chi connectivity index (χ4n) is 2.39. The Bertz CT molecular complexity index is 857. The van der Waals surface area contributed by atoms with Gasteiger partial charge in [0.2, 0.25) is 5.91 Å². The van der Waals surface area contributed by atoms with Gasteiger partial charge in [0.05, 0.1) is 18.2 Å². The van der Waals surface area contributed by atoms with Crippen molar-refractivity contribution >= 4 is 30.0 Å². The smallest absolute Gasteiger partial charge is 0.416 e. The minimum Gasteiger partial charge on any atom is -0.465 e. The van der Waals surface area contributed by atoms with Crippen LogP contribution in [0, 0.1) is 0 Å². The van der Waals surface area contributed by atoms with Crippen LogP contribution in [0.2, 0.25) is 0 Å². The summed E-state index contributed by atoms with van der Waals surface area (Å²) in [6.45, 7) is 1.61. The van der Waals surface area contributed by atoms with Gasteiger partial charge in [-0.1, -0.05) is 6.07 Å². The van der Waals surface area contributed by atoms with Crippen molar-refractivity contribution in [3.8, 4) is 11.1 Å². The van der Waals surface area contributed by atoms with Gasteiger partial charge < -0.3 is 15.8 Å². The number of carbonyl (C=O) groups is 2. The van der Waals surface area contributed by atoms with Gasteiger partial charge in [-0.2, -0.15) is 13.2 Å². The zero-order valence-electron chi connectivity index (χ0n) is 15.0. The number of esters is 1. The Balaban J connectivity index is 0.00000392. The monoisotopic (exact) mass is 417 g/mol. The van der Waals surface area contributed by atoms with Crippen molar-refractivity contribution < 1.29 is 27.5 Å². The first-order chi connectivity index (χ1) is 12.6. The van der Waals surface area contributed by atoms with Gasteiger partial charge in [0.15, 0.2) is 0 Å². The number of amides is 1. The predicted molar refractivity (Wildman–Crippen MR) is 100 cm³/mol. The first kappa shape index (κ1) is 23.4. The number of carbonyl (C=O) groups excluding carboxylic acids is 2. The average Bonchev–Trinajstić information content (AvgIpc) is 2.59. The molecule has 1 heterocycles. The third kappa shape index (κ3) is 5.93. The van der Waals surface area contributed by atoms with Crippen molar-refractivity contribution in [2.75, 3.05) is 12.4 Å². The van der Waals surface area contributed by atoms with Gasteiger partial charge in [0, 0.05) is 41.7 Å². The van der Waals surface area contributed by atoms with Crippen LogP contribution in [-0.4, -0.2) is 30.0 Å². The number of rotatable bonds is 5. The van der Waals surface area contributed by atoms with Crippen molar-refractivity contribution in [2.24, 2.45) is 5.73 Å². The molecule has 0 radical (unpaired) electrons. The van der Waals surface area contributed by atoms with Gasteiger partial charge >= 0.3 is 12.1 Å². The van der Waals surface area contributed by atoms with Crippen molar-refractivity contribution in [3.05, 3.63) is 47.8 Å². The summed E-state index contributed by atoms with van der Waals surface area (Å²) in [5.74, 6) is -1.17. The number of hydrogen-bond acceptors (Lipinski definition) is 5. The molecule has 2 rings (SSSR count). The summed E-state index contributed by atoms with van der Waals surface area (Å²) in [5, 5.41) is 2.45. The van der Waals surface area contributed by atoms with Crippen LogP contribution in [0.5, 0.6) is 0 Å². The summed E-state index contributed by atoms with van der Waals surface area (Å²) in [7, 11) is 1.20. The molecule has 6 nitrogen and oxygen atoms in total. The van der Waals surface area contributed by atoms with E-state index in [-0.39, 0.29) is 35.6 Å². The number of nitrogens with two attached hydrogens (primary N) is 1. The van der Waals surface area contributed by atoms with E-state index in [9.17, 15) is 22.8 Å². The number of anilines is 1. The maximum absolute atomic E-state index is 13.1. The SMILES string of the molecule is COC(=O)c1cncc(-c2ccc(C(F)(F)F)cc2NC(=O)CC(C)N)c1.Cl. The molecule has 1 atom stereocenters. The van der Waals surface area contributed by atoms with Crippen molar-refractivity contribution in [2.45, 2.75) is 25.6 Å². The lowest BCUT2D eigenvalue weighted by atomic mass is 10.0. The quantitative estimate of drug-likeness (QED) is 0.724. The Morgan fingerprint density at radius 3 is 2.50 bits per heavy atom. The summed E-state index contributed by atoms with van der Waals surface area (Å²) in [6, 6.07) is 3.90. The molecule has 0 spiro atoms. The van der Waals surface area contributed by atoms with Crippen LogP contribution < -0.4 is 11.1 Å². The summed E-state index contributed by atoms with van der Waals surface area (Å²) >= 11 is 0. The Labute approximate surface area is 165 Å². The van der Waals surface area contributed by atoms with Gasteiger partial charge in [0.1, 0.15) is 0 Å². The van der Waals surface area contributed by atoms with E-state index in [1.807, 2.05) is 0 Å². The van der Waals surface area contributed by atoms with Gasteiger partial charge in [-0.25, -0.2) is 4.79 Å². The molecule has 1 unspecified atom stereocenters. The summed E-state index contributed by atoms with van der Waals surface area (Å²) < 4.78 is 43.8. The number of methoxy groups -OCH3 is 1. The molecule has 0 bridgehead atoms. The summed E-state index contributed by atoms with van der Waals surface area (Å²) in [6.07, 6.45) is -1.99. The maximum Gasteiger partial charge on any atom is 0.416 e. The van der Waals surface area contributed by atoms with Crippen LogP contribution >= 0.6 is 12.4 Å². The number of nitrogens with one attached hydrogen (secondary N) is 1. The average molecular weight is 418 g/mol. The van der Waals surface area contributed by atoms with Crippen molar-refractivity contribution in [1.29, 1.82) is 0 Å². The number of hydrogen-bond donors (Lipinski definition) is 2. The number of nitrogens with zero attached hydrogens (tertiary/aromatic N) is 1. The number of pyridine rings is 1. The molecule has 10 heteroatoms. The fourth-order valence-corrected chi connectivity index (χ4v) is 2.39. The Kier molecular flexibility index (Phi) is 7.95. The largest absolute Gasteiger partial charge is 0.465 e. The number of benzene rings is 1. The minimum absolute atomic E-state index is 0. The van der Waals surface area contributed by atoms with E-state index < -0.39 is 29.7 Å². The van der Waals surface area contributed by atoms with Crippen molar-refractivity contribution in [1.82, 2.24) is 4.98 Å². The molecule has 0 aliphatic rings. The number of aromatic nitrogens is 1. The topological polar surface area (TPSA) is 94.3 Å². The van der Waals surface area contributed by atoms with Gasteiger partial charge in [-0.05, 0) is 25.1 Å². The second-order valence-corrected chi connectivity index (χ2v) is 5.94. The molecule has 3 N–H and O–H groups in total. The molecular formula is C18H19ClF3N3O3. The Hall–Kier alpha value is -2.65. The lowest BCUT2D eigenvalue weighted by Crippen LogP contribution is -2.24. The zero-order chi connectivity index (χ0) is 20.2. The normalized spacial score (nSPS) is 11.9. The highest BCUT2D eigenvalue weighted by Gasteiger charge is 2.31. The second-order valence-electron chi connectivity index (χ2n) is 5.94. The molecule has 0 saturated carbocycles. The van der Waals surface area contributed by atoms with E-state index in [1.54, 1.807) is 6.92 Å². The number of ether oxygens (including phenoxy) is 1. The summed E-state index contributed by atoms with van der Waals surface area (Å²) in [4.78, 5) is 27.6. The highest BCUT2D eigenvalue weighted by atomic mass is 35.5. The molecule has 1 aromatic heterocycles. The van der Waals surface area contributed by atoms with Gasteiger partial charge in [0.25, 0.3) is 0 Å². The first-order valence-electron chi connectivity index (χ1n) is 7.92. The third-order valence-corrected chi connectivity index (χ3v) is 3.60. The zero-order valence-corrected chi connectivity index (χ0v) is 15.9. The highest BCUT2D eigenvalue weighted by molar-refractivity contribution is 5.97. The molecule has 1 amide bonds. The third-order valence-electron chi connectivity index (χ3n) is 3.60. The molecule has 152 valence electrons. The van der Waals surface area contributed by atoms with E-state index in [1.165, 1.54) is 31.6 Å². The van der Waals surface area contributed by atoms with E-state index in [4.69, 9.17) is 5.73 Å². The molecule has 0 aliphatic carbocycles. The maximum atomic E-state index is 13.1. The van der Waals surface area contributed by atoms with Crippen LogP contribution in [0.25, 0.3) is 11.1 Å². The fraction of sp³-hybridized carbons (Fsp3) is 0.278. The van der Waals surface area contributed by atoms with Crippen molar-refractivity contribution in [3.63, 3.8) is 0 Å². The molecule has 28 heavy (non-hydrogen) atoms. The first-order valence-corrected chi connectivity index (χ1v) is 7.92. The van der Waals surface area contributed by atoms with Crippen LogP contribution in [-0.2, 0) is 15.7 Å². The van der Waals surface area contributed by atoms with Gasteiger partial charge in [-0.3, -0.25) is 9.78 Å².